The van der Waals surface area contributed by atoms with E-state index in [1.165, 1.54) is 6.42 Å². The second-order valence-electron chi connectivity index (χ2n) is 5.12. The molecule has 19 heavy (non-hydrogen) atoms. The maximum absolute atomic E-state index is 6.16. The van der Waals surface area contributed by atoms with Crippen molar-refractivity contribution in [2.45, 2.75) is 58.1 Å². The van der Waals surface area contributed by atoms with Gasteiger partial charge in [0.2, 0.25) is 0 Å². The highest BCUT2D eigenvalue weighted by Gasteiger charge is 2.22. The molecular formula is C14H22ClN3O. The summed E-state index contributed by atoms with van der Waals surface area (Å²) in [5, 5.41) is 4.06. The number of hydrogen-bond donors (Lipinski definition) is 1. The van der Waals surface area contributed by atoms with Gasteiger partial charge in [-0.3, -0.25) is 0 Å². The molecule has 0 spiro atoms. The fourth-order valence-electron chi connectivity index (χ4n) is 2.51. The first-order valence-corrected chi connectivity index (χ1v) is 7.34. The summed E-state index contributed by atoms with van der Waals surface area (Å²) in [6.45, 7) is 3.99. The lowest BCUT2D eigenvalue weighted by molar-refractivity contribution is 0.0669. The Labute approximate surface area is 119 Å². The van der Waals surface area contributed by atoms with Crippen LogP contribution in [0.4, 0.5) is 5.82 Å². The van der Waals surface area contributed by atoms with Crippen LogP contribution in [0.2, 0.25) is 5.15 Å². The van der Waals surface area contributed by atoms with Gasteiger partial charge < -0.3 is 10.1 Å². The molecule has 5 heteroatoms. The predicted molar refractivity (Wildman–Crippen MR) is 77.8 cm³/mol. The molecule has 2 atom stereocenters. The van der Waals surface area contributed by atoms with Crippen LogP contribution in [0, 0.1) is 6.92 Å². The van der Waals surface area contributed by atoms with Crippen molar-refractivity contribution >= 4 is 17.4 Å². The van der Waals surface area contributed by atoms with Gasteiger partial charge in [-0.2, -0.15) is 0 Å². The minimum absolute atomic E-state index is 0.356. The number of methoxy groups -OCH3 is 1. The second kappa shape index (κ2) is 6.53. The van der Waals surface area contributed by atoms with Gasteiger partial charge in [-0.1, -0.05) is 18.5 Å². The number of aryl methyl sites for hydroxylation is 1. The molecule has 106 valence electrons. The van der Waals surface area contributed by atoms with Gasteiger partial charge in [-0.15, -0.1) is 0 Å². The average Bonchev–Trinajstić information content (AvgIpc) is 2.43. The number of rotatable bonds is 4. The Morgan fingerprint density at radius 1 is 1.37 bits per heavy atom. The third kappa shape index (κ3) is 3.57. The van der Waals surface area contributed by atoms with E-state index < -0.39 is 0 Å². The first-order valence-electron chi connectivity index (χ1n) is 6.96. The molecule has 1 aliphatic carbocycles. The largest absolute Gasteiger partial charge is 0.381 e. The van der Waals surface area contributed by atoms with Crippen LogP contribution in [0.3, 0.4) is 0 Å². The molecule has 1 N–H and O–H groups in total. The summed E-state index contributed by atoms with van der Waals surface area (Å²) in [4.78, 5) is 8.81. The number of nitrogens with one attached hydrogen (secondary N) is 1. The van der Waals surface area contributed by atoms with E-state index in [0.717, 1.165) is 42.9 Å². The molecule has 2 rings (SSSR count). The maximum atomic E-state index is 6.16. The van der Waals surface area contributed by atoms with Gasteiger partial charge in [0.1, 0.15) is 16.8 Å². The van der Waals surface area contributed by atoms with Crippen LogP contribution in [0.25, 0.3) is 0 Å². The van der Waals surface area contributed by atoms with Gasteiger partial charge in [-0.05, 0) is 32.6 Å². The molecule has 0 aromatic carbocycles. The monoisotopic (exact) mass is 283 g/mol. The molecule has 0 saturated heterocycles. The van der Waals surface area contributed by atoms with Gasteiger partial charge >= 0.3 is 0 Å². The zero-order valence-electron chi connectivity index (χ0n) is 11.9. The van der Waals surface area contributed by atoms with Crippen LogP contribution < -0.4 is 5.32 Å². The van der Waals surface area contributed by atoms with Gasteiger partial charge in [0, 0.05) is 25.1 Å². The van der Waals surface area contributed by atoms with E-state index in [0.29, 0.717) is 17.3 Å². The number of halogens is 1. The molecule has 1 aliphatic rings. The molecule has 4 nitrogen and oxygen atoms in total. The van der Waals surface area contributed by atoms with Gasteiger partial charge in [0.25, 0.3) is 0 Å². The molecule has 1 saturated carbocycles. The second-order valence-corrected chi connectivity index (χ2v) is 5.48. The summed E-state index contributed by atoms with van der Waals surface area (Å²) >= 11 is 6.16. The Morgan fingerprint density at radius 2 is 2.16 bits per heavy atom. The minimum Gasteiger partial charge on any atom is -0.381 e. The van der Waals surface area contributed by atoms with E-state index in [-0.39, 0.29) is 0 Å². The van der Waals surface area contributed by atoms with Gasteiger partial charge in [0.05, 0.1) is 6.10 Å². The predicted octanol–water partition coefficient (Wildman–Crippen LogP) is 3.37. The Kier molecular flexibility index (Phi) is 4.99. The fourth-order valence-corrected chi connectivity index (χ4v) is 2.70. The van der Waals surface area contributed by atoms with Crippen molar-refractivity contribution in [1.29, 1.82) is 0 Å². The highest BCUT2D eigenvalue weighted by Crippen LogP contribution is 2.26. The van der Waals surface area contributed by atoms with Crippen LogP contribution in [0.15, 0.2) is 0 Å². The van der Waals surface area contributed by atoms with Crippen LogP contribution >= 0.6 is 11.6 Å². The molecule has 1 aromatic rings. The zero-order chi connectivity index (χ0) is 13.8. The molecular weight excluding hydrogens is 262 g/mol. The Bertz CT molecular complexity index is 439. The topological polar surface area (TPSA) is 47.0 Å². The van der Waals surface area contributed by atoms with Gasteiger partial charge in [-0.25, -0.2) is 9.97 Å². The number of anilines is 1. The van der Waals surface area contributed by atoms with Crippen LogP contribution in [-0.2, 0) is 11.2 Å². The van der Waals surface area contributed by atoms with E-state index in [1.54, 1.807) is 7.11 Å². The Morgan fingerprint density at radius 3 is 2.84 bits per heavy atom. The summed E-state index contributed by atoms with van der Waals surface area (Å²) in [6, 6.07) is 0.410. The summed E-state index contributed by atoms with van der Waals surface area (Å²) in [6.07, 6.45) is 5.67. The lowest BCUT2D eigenvalue weighted by Crippen LogP contribution is -2.31. The van der Waals surface area contributed by atoms with Crippen LogP contribution in [-0.4, -0.2) is 29.2 Å². The van der Waals surface area contributed by atoms with Gasteiger partial charge in [0.15, 0.2) is 0 Å². The van der Waals surface area contributed by atoms with Crippen molar-refractivity contribution in [2.75, 3.05) is 12.4 Å². The summed E-state index contributed by atoms with van der Waals surface area (Å²) < 4.78 is 5.46. The van der Waals surface area contributed by atoms with E-state index in [2.05, 4.69) is 15.3 Å². The molecule has 1 aromatic heterocycles. The van der Waals surface area contributed by atoms with Crippen LogP contribution in [0.1, 0.15) is 44.0 Å². The number of nitrogens with zero attached hydrogens (tertiary/aromatic N) is 2. The van der Waals surface area contributed by atoms with Crippen molar-refractivity contribution in [1.82, 2.24) is 9.97 Å². The lowest BCUT2D eigenvalue weighted by atomic mass is 9.93. The third-order valence-electron chi connectivity index (χ3n) is 3.75. The normalized spacial score (nSPS) is 23.4. The van der Waals surface area contributed by atoms with Crippen molar-refractivity contribution in [3.05, 3.63) is 16.5 Å². The molecule has 1 heterocycles. The van der Waals surface area contributed by atoms with Crippen LogP contribution in [0.5, 0.6) is 0 Å². The molecule has 0 aliphatic heterocycles. The molecule has 0 amide bonds. The Hall–Kier alpha value is -0.870. The maximum Gasteiger partial charge on any atom is 0.137 e. The molecule has 0 bridgehead atoms. The number of hydrogen-bond acceptors (Lipinski definition) is 4. The SMILES string of the molecule is CCc1nc(Cl)c(C)c(NC2CCCC(OC)C2)n1. The smallest absolute Gasteiger partial charge is 0.137 e. The van der Waals surface area contributed by atoms with E-state index in [1.807, 2.05) is 13.8 Å². The molecule has 1 fully saturated rings. The highest BCUT2D eigenvalue weighted by atomic mass is 35.5. The highest BCUT2D eigenvalue weighted by molar-refractivity contribution is 6.30. The quantitative estimate of drug-likeness (QED) is 0.861. The van der Waals surface area contributed by atoms with Crippen molar-refractivity contribution in [3.8, 4) is 0 Å². The summed E-state index contributed by atoms with van der Waals surface area (Å²) in [5.74, 6) is 1.66. The molecule has 0 radical (unpaired) electrons. The number of ether oxygens (including phenoxy) is 1. The average molecular weight is 284 g/mol. The third-order valence-corrected chi connectivity index (χ3v) is 4.12. The van der Waals surface area contributed by atoms with Crippen molar-refractivity contribution in [2.24, 2.45) is 0 Å². The Balaban J connectivity index is 2.11. The number of aromatic nitrogens is 2. The standard InChI is InChI=1S/C14H22ClN3O/c1-4-12-17-13(15)9(2)14(18-12)16-10-6-5-7-11(8-10)19-3/h10-11H,4-8H2,1-3H3,(H,16,17,18). The minimum atomic E-state index is 0.356. The van der Waals surface area contributed by atoms with Crippen molar-refractivity contribution < 1.29 is 4.74 Å². The summed E-state index contributed by atoms with van der Waals surface area (Å²) in [7, 11) is 1.79. The molecule has 2 unspecified atom stereocenters. The van der Waals surface area contributed by atoms with E-state index in [9.17, 15) is 0 Å². The van der Waals surface area contributed by atoms with Crippen molar-refractivity contribution in [3.63, 3.8) is 0 Å². The van der Waals surface area contributed by atoms with E-state index >= 15 is 0 Å². The first-order chi connectivity index (χ1) is 9.13. The van der Waals surface area contributed by atoms with E-state index in [4.69, 9.17) is 16.3 Å². The first kappa shape index (κ1) is 14.5. The fraction of sp³-hybridized carbons (Fsp3) is 0.714. The zero-order valence-corrected chi connectivity index (χ0v) is 12.6. The lowest BCUT2D eigenvalue weighted by Gasteiger charge is -2.29. The summed E-state index contributed by atoms with van der Waals surface area (Å²) in [5.41, 5.74) is 0.929.